The van der Waals surface area contributed by atoms with Crippen LogP contribution in [0.5, 0.6) is 5.75 Å². The Balaban J connectivity index is 2.06. The predicted molar refractivity (Wildman–Crippen MR) is 76.5 cm³/mol. The number of ether oxygens (including phenoxy) is 1. The lowest BCUT2D eigenvalue weighted by Crippen LogP contribution is -2.31. The molecule has 18 heavy (non-hydrogen) atoms. The molecule has 1 aliphatic rings. The van der Waals surface area contributed by atoms with E-state index in [0.29, 0.717) is 11.5 Å². The maximum atomic E-state index is 6.08. The van der Waals surface area contributed by atoms with Crippen molar-refractivity contribution in [3.63, 3.8) is 0 Å². The molecule has 0 heterocycles. The molecule has 0 aliphatic heterocycles. The van der Waals surface area contributed by atoms with E-state index in [1.165, 1.54) is 18.4 Å². The van der Waals surface area contributed by atoms with Gasteiger partial charge in [-0.05, 0) is 48.4 Å². The zero-order valence-corrected chi connectivity index (χ0v) is 12.2. The molecule has 1 saturated carbocycles. The van der Waals surface area contributed by atoms with Crippen LogP contribution in [0.3, 0.4) is 0 Å². The van der Waals surface area contributed by atoms with Crippen molar-refractivity contribution < 1.29 is 4.74 Å². The molecule has 0 unspecified atom stereocenters. The summed E-state index contributed by atoms with van der Waals surface area (Å²) >= 11 is 6.08. The first-order valence-electron chi connectivity index (χ1n) is 6.60. The van der Waals surface area contributed by atoms with Gasteiger partial charge in [0.05, 0.1) is 7.11 Å². The smallest absolute Gasteiger partial charge is 0.122 e. The highest BCUT2D eigenvalue weighted by Gasteiger charge is 2.42. The van der Waals surface area contributed by atoms with E-state index in [1.54, 1.807) is 7.11 Å². The molecule has 3 heteroatoms. The minimum absolute atomic E-state index is 0.419. The number of nitrogens with one attached hydrogen (secondary N) is 1. The quantitative estimate of drug-likeness (QED) is 0.849. The van der Waals surface area contributed by atoms with Crippen LogP contribution in [0.25, 0.3) is 0 Å². The first-order chi connectivity index (χ1) is 8.54. The molecule has 2 rings (SSSR count). The Kier molecular flexibility index (Phi) is 4.18. The number of benzene rings is 1. The average molecular weight is 268 g/mol. The van der Waals surface area contributed by atoms with Gasteiger partial charge in [0.1, 0.15) is 5.75 Å². The van der Waals surface area contributed by atoms with Crippen LogP contribution in [-0.4, -0.2) is 19.7 Å². The van der Waals surface area contributed by atoms with Crippen molar-refractivity contribution in [2.24, 2.45) is 5.41 Å². The van der Waals surface area contributed by atoms with E-state index in [2.05, 4.69) is 19.2 Å². The molecule has 100 valence electrons. The molecule has 1 N–H and O–H groups in total. The number of halogens is 1. The Labute approximate surface area is 115 Å². The Morgan fingerprint density at radius 2 is 2.11 bits per heavy atom. The Morgan fingerprint density at radius 1 is 1.39 bits per heavy atom. The summed E-state index contributed by atoms with van der Waals surface area (Å²) in [5.74, 6) is 0.954. The Hall–Kier alpha value is -0.730. The van der Waals surface area contributed by atoms with Crippen LogP contribution < -0.4 is 10.1 Å². The topological polar surface area (TPSA) is 21.3 Å². The van der Waals surface area contributed by atoms with E-state index < -0.39 is 0 Å². The van der Waals surface area contributed by atoms with Crippen molar-refractivity contribution in [2.45, 2.75) is 39.2 Å². The van der Waals surface area contributed by atoms with Gasteiger partial charge in [-0.3, -0.25) is 0 Å². The molecule has 1 aromatic rings. The fourth-order valence-electron chi connectivity index (χ4n) is 2.30. The van der Waals surface area contributed by atoms with E-state index in [-0.39, 0.29) is 0 Å². The lowest BCUT2D eigenvalue weighted by atomic mass is 9.95. The molecular formula is C15H22ClNO. The van der Waals surface area contributed by atoms with Crippen molar-refractivity contribution >= 4 is 11.6 Å². The van der Waals surface area contributed by atoms with Crippen molar-refractivity contribution in [3.05, 3.63) is 28.8 Å². The lowest BCUT2D eigenvalue weighted by molar-refractivity contribution is 0.392. The van der Waals surface area contributed by atoms with Gasteiger partial charge < -0.3 is 10.1 Å². The summed E-state index contributed by atoms with van der Waals surface area (Å²) in [7, 11) is 1.72. The molecule has 0 radical (unpaired) electrons. The first kappa shape index (κ1) is 13.7. The summed E-state index contributed by atoms with van der Waals surface area (Å²) in [5.41, 5.74) is 1.65. The predicted octanol–water partition coefficient (Wildman–Crippen LogP) is 3.67. The van der Waals surface area contributed by atoms with E-state index in [0.717, 1.165) is 23.7 Å². The zero-order chi connectivity index (χ0) is 13.2. The molecule has 0 amide bonds. The molecule has 1 fully saturated rings. The van der Waals surface area contributed by atoms with Gasteiger partial charge in [-0.15, -0.1) is 0 Å². The number of methoxy groups -OCH3 is 1. The summed E-state index contributed by atoms with van der Waals surface area (Å²) in [6.45, 7) is 5.46. The molecular weight excluding hydrogens is 246 g/mol. The van der Waals surface area contributed by atoms with Crippen LogP contribution in [0, 0.1) is 5.41 Å². The monoisotopic (exact) mass is 267 g/mol. The lowest BCUT2D eigenvalue weighted by Gasteiger charge is -2.19. The molecule has 0 atom stereocenters. The Bertz CT molecular complexity index is 413. The fourth-order valence-corrected chi connectivity index (χ4v) is 2.50. The number of hydrogen-bond acceptors (Lipinski definition) is 2. The van der Waals surface area contributed by atoms with Crippen LogP contribution >= 0.6 is 11.6 Å². The highest BCUT2D eigenvalue weighted by Crippen LogP contribution is 2.49. The third kappa shape index (κ3) is 3.39. The first-order valence-corrected chi connectivity index (χ1v) is 6.98. The molecule has 2 nitrogen and oxygen atoms in total. The summed E-state index contributed by atoms with van der Waals surface area (Å²) in [4.78, 5) is 0. The zero-order valence-electron chi connectivity index (χ0n) is 11.4. The molecule has 1 aliphatic carbocycles. The van der Waals surface area contributed by atoms with Crippen LogP contribution in [0.4, 0.5) is 0 Å². The van der Waals surface area contributed by atoms with Gasteiger partial charge in [0.25, 0.3) is 0 Å². The van der Waals surface area contributed by atoms with Crippen LogP contribution in [0.15, 0.2) is 18.2 Å². The second kappa shape index (κ2) is 5.50. The van der Waals surface area contributed by atoms with Crippen molar-refractivity contribution in [2.75, 3.05) is 13.7 Å². The third-order valence-electron chi connectivity index (χ3n) is 3.65. The standard InChI is InChI=1S/C15H22ClNO/c1-11(2)17-10-15(6-7-15)9-12-8-13(16)4-5-14(12)18-3/h4-5,8,11,17H,6-7,9-10H2,1-3H3. The maximum absolute atomic E-state index is 6.08. The minimum Gasteiger partial charge on any atom is -0.496 e. The Morgan fingerprint density at radius 3 is 2.67 bits per heavy atom. The number of hydrogen-bond donors (Lipinski definition) is 1. The molecule has 0 aromatic heterocycles. The van der Waals surface area contributed by atoms with Gasteiger partial charge in [-0.25, -0.2) is 0 Å². The third-order valence-corrected chi connectivity index (χ3v) is 3.89. The molecule has 0 saturated heterocycles. The van der Waals surface area contributed by atoms with Crippen molar-refractivity contribution in [3.8, 4) is 5.75 Å². The van der Waals surface area contributed by atoms with Crippen molar-refractivity contribution in [1.29, 1.82) is 0 Å². The van der Waals surface area contributed by atoms with E-state index >= 15 is 0 Å². The summed E-state index contributed by atoms with van der Waals surface area (Å²) < 4.78 is 5.42. The second-order valence-corrected chi connectivity index (χ2v) is 6.10. The van der Waals surface area contributed by atoms with Gasteiger partial charge in [0.2, 0.25) is 0 Å². The summed E-state index contributed by atoms with van der Waals surface area (Å²) in [6, 6.07) is 6.43. The SMILES string of the molecule is COc1ccc(Cl)cc1CC1(CNC(C)C)CC1. The molecule has 0 spiro atoms. The number of rotatable bonds is 6. The summed E-state index contributed by atoms with van der Waals surface area (Å²) in [6.07, 6.45) is 3.64. The highest BCUT2D eigenvalue weighted by atomic mass is 35.5. The van der Waals surface area contributed by atoms with Gasteiger partial charge in [-0.2, -0.15) is 0 Å². The minimum atomic E-state index is 0.419. The molecule has 1 aromatic carbocycles. The van der Waals surface area contributed by atoms with Crippen LogP contribution in [-0.2, 0) is 6.42 Å². The van der Waals surface area contributed by atoms with Gasteiger partial charge in [0, 0.05) is 17.6 Å². The van der Waals surface area contributed by atoms with E-state index in [9.17, 15) is 0 Å². The van der Waals surface area contributed by atoms with Gasteiger partial charge in [0.15, 0.2) is 0 Å². The highest BCUT2D eigenvalue weighted by molar-refractivity contribution is 6.30. The van der Waals surface area contributed by atoms with E-state index in [1.807, 2.05) is 18.2 Å². The largest absolute Gasteiger partial charge is 0.496 e. The van der Waals surface area contributed by atoms with Crippen molar-refractivity contribution in [1.82, 2.24) is 5.32 Å². The van der Waals surface area contributed by atoms with Crippen LogP contribution in [0.1, 0.15) is 32.3 Å². The van der Waals surface area contributed by atoms with E-state index in [4.69, 9.17) is 16.3 Å². The maximum Gasteiger partial charge on any atom is 0.122 e. The van der Waals surface area contributed by atoms with Gasteiger partial charge in [-0.1, -0.05) is 25.4 Å². The van der Waals surface area contributed by atoms with Gasteiger partial charge >= 0.3 is 0 Å². The summed E-state index contributed by atoms with van der Waals surface area (Å²) in [5, 5.41) is 4.34. The second-order valence-electron chi connectivity index (χ2n) is 5.67. The molecule has 0 bridgehead atoms. The average Bonchev–Trinajstić information content (AvgIpc) is 3.07. The normalized spacial score (nSPS) is 16.9. The fraction of sp³-hybridized carbons (Fsp3) is 0.600. The van der Waals surface area contributed by atoms with Crippen LogP contribution in [0.2, 0.25) is 5.02 Å².